The number of carbonyl (C=O) groups is 1. The Morgan fingerprint density at radius 1 is 1.12 bits per heavy atom. The standard InChI is InChI=1S/C19H26N2O3/c1-20-11-15(21(2)19(20)22)13-6-7-16(23-3)18(10-13)24-17-9-12-4-5-14(17)8-12/h6-7,10,12,14-15,17H,4-5,8-9,11H2,1-3H3. The summed E-state index contributed by atoms with van der Waals surface area (Å²) in [5.41, 5.74) is 1.11. The van der Waals surface area contributed by atoms with E-state index in [1.54, 1.807) is 16.9 Å². The molecule has 24 heavy (non-hydrogen) atoms. The fourth-order valence-electron chi connectivity index (χ4n) is 4.68. The SMILES string of the molecule is COc1ccc(C2CN(C)C(=O)N2C)cc1OC1CC2CCC1C2. The molecule has 2 aliphatic carbocycles. The molecule has 1 heterocycles. The molecular formula is C19H26N2O3. The van der Waals surface area contributed by atoms with Crippen molar-refractivity contribution in [3.8, 4) is 11.5 Å². The van der Waals surface area contributed by atoms with Crippen LogP contribution in [-0.4, -0.2) is 49.7 Å². The number of carbonyl (C=O) groups excluding carboxylic acids is 1. The summed E-state index contributed by atoms with van der Waals surface area (Å²) >= 11 is 0. The summed E-state index contributed by atoms with van der Waals surface area (Å²) in [5, 5.41) is 0. The van der Waals surface area contributed by atoms with Crippen LogP contribution in [0.25, 0.3) is 0 Å². The van der Waals surface area contributed by atoms with Gasteiger partial charge in [-0.2, -0.15) is 0 Å². The molecule has 0 N–H and O–H groups in total. The molecule has 0 aromatic heterocycles. The molecule has 0 spiro atoms. The van der Waals surface area contributed by atoms with E-state index in [0.29, 0.717) is 18.6 Å². The van der Waals surface area contributed by atoms with Crippen molar-refractivity contribution in [2.45, 2.75) is 37.8 Å². The number of nitrogens with zero attached hydrogens (tertiary/aromatic N) is 2. The number of benzene rings is 1. The number of likely N-dealkylation sites (N-methyl/N-ethyl adjacent to an activating group) is 2. The zero-order valence-electron chi connectivity index (χ0n) is 14.7. The summed E-state index contributed by atoms with van der Waals surface area (Å²) < 4.78 is 11.9. The molecule has 3 fully saturated rings. The van der Waals surface area contributed by atoms with Crippen LogP contribution in [0.1, 0.15) is 37.3 Å². The first-order valence-electron chi connectivity index (χ1n) is 8.89. The van der Waals surface area contributed by atoms with Gasteiger partial charge in [-0.3, -0.25) is 0 Å². The highest BCUT2D eigenvalue weighted by molar-refractivity contribution is 5.77. The van der Waals surface area contributed by atoms with Crippen molar-refractivity contribution in [2.75, 3.05) is 27.7 Å². The van der Waals surface area contributed by atoms with Crippen LogP contribution < -0.4 is 9.47 Å². The second-order valence-corrected chi connectivity index (χ2v) is 7.53. The first kappa shape index (κ1) is 15.6. The summed E-state index contributed by atoms with van der Waals surface area (Å²) in [5.74, 6) is 3.15. The van der Waals surface area contributed by atoms with E-state index in [4.69, 9.17) is 9.47 Å². The number of ether oxygens (including phenoxy) is 2. The Morgan fingerprint density at radius 3 is 2.54 bits per heavy atom. The Bertz CT molecular complexity index is 647. The van der Waals surface area contributed by atoms with Gasteiger partial charge < -0.3 is 19.3 Å². The number of urea groups is 1. The van der Waals surface area contributed by atoms with E-state index in [-0.39, 0.29) is 12.1 Å². The molecule has 2 saturated carbocycles. The van der Waals surface area contributed by atoms with Gasteiger partial charge in [0.2, 0.25) is 0 Å². The summed E-state index contributed by atoms with van der Waals surface area (Å²) in [6, 6.07) is 6.20. The number of methoxy groups -OCH3 is 1. The Balaban J connectivity index is 1.58. The lowest BCUT2D eigenvalue weighted by Crippen LogP contribution is -2.26. The predicted molar refractivity (Wildman–Crippen MR) is 91.4 cm³/mol. The third-order valence-corrected chi connectivity index (χ3v) is 6.07. The maximum Gasteiger partial charge on any atom is 0.320 e. The van der Waals surface area contributed by atoms with Gasteiger partial charge in [0.05, 0.1) is 13.2 Å². The quantitative estimate of drug-likeness (QED) is 0.850. The third kappa shape index (κ3) is 2.50. The van der Waals surface area contributed by atoms with Crippen LogP contribution in [0.2, 0.25) is 0 Å². The molecule has 4 atom stereocenters. The van der Waals surface area contributed by atoms with E-state index < -0.39 is 0 Å². The Hall–Kier alpha value is -1.91. The minimum atomic E-state index is 0.0615. The summed E-state index contributed by atoms with van der Waals surface area (Å²) in [7, 11) is 5.38. The molecule has 2 bridgehead atoms. The van der Waals surface area contributed by atoms with Gasteiger partial charge in [0.25, 0.3) is 0 Å². The van der Waals surface area contributed by atoms with E-state index in [1.807, 2.05) is 26.2 Å². The van der Waals surface area contributed by atoms with Crippen molar-refractivity contribution in [1.29, 1.82) is 0 Å². The minimum Gasteiger partial charge on any atom is -0.493 e. The third-order valence-electron chi connectivity index (χ3n) is 6.07. The van der Waals surface area contributed by atoms with Gasteiger partial charge in [-0.05, 0) is 55.2 Å². The van der Waals surface area contributed by atoms with E-state index >= 15 is 0 Å². The molecule has 1 aromatic rings. The number of rotatable bonds is 4. The second-order valence-electron chi connectivity index (χ2n) is 7.53. The first-order valence-corrected chi connectivity index (χ1v) is 8.89. The van der Waals surface area contributed by atoms with Crippen molar-refractivity contribution < 1.29 is 14.3 Å². The van der Waals surface area contributed by atoms with Crippen molar-refractivity contribution in [3.63, 3.8) is 0 Å². The van der Waals surface area contributed by atoms with Crippen LogP contribution in [0.4, 0.5) is 4.79 Å². The summed E-state index contributed by atoms with van der Waals surface area (Å²) in [4.78, 5) is 15.6. The largest absolute Gasteiger partial charge is 0.493 e. The van der Waals surface area contributed by atoms with Crippen LogP contribution in [0.15, 0.2) is 18.2 Å². The van der Waals surface area contributed by atoms with Gasteiger partial charge in [-0.1, -0.05) is 6.07 Å². The highest BCUT2D eigenvalue weighted by Crippen LogP contribution is 2.47. The van der Waals surface area contributed by atoms with Crippen molar-refractivity contribution in [2.24, 2.45) is 11.8 Å². The molecule has 4 unspecified atom stereocenters. The van der Waals surface area contributed by atoms with Crippen LogP contribution >= 0.6 is 0 Å². The topological polar surface area (TPSA) is 42.0 Å². The molecule has 1 aromatic carbocycles. The normalized spacial score (nSPS) is 31.9. The Labute approximate surface area is 143 Å². The molecule has 5 heteroatoms. The molecule has 1 saturated heterocycles. The van der Waals surface area contributed by atoms with Crippen molar-refractivity contribution in [1.82, 2.24) is 9.80 Å². The zero-order chi connectivity index (χ0) is 16.8. The number of amides is 2. The van der Waals surface area contributed by atoms with E-state index in [2.05, 4.69) is 6.07 Å². The van der Waals surface area contributed by atoms with E-state index in [9.17, 15) is 4.79 Å². The predicted octanol–water partition coefficient (Wildman–Crippen LogP) is 3.30. The van der Waals surface area contributed by atoms with Crippen molar-refractivity contribution >= 4 is 6.03 Å². The van der Waals surface area contributed by atoms with Crippen LogP contribution in [-0.2, 0) is 0 Å². The lowest BCUT2D eigenvalue weighted by Gasteiger charge is -2.25. The fourth-order valence-corrected chi connectivity index (χ4v) is 4.68. The summed E-state index contributed by atoms with van der Waals surface area (Å²) in [6.07, 6.45) is 5.46. The van der Waals surface area contributed by atoms with E-state index in [0.717, 1.165) is 23.0 Å². The smallest absolute Gasteiger partial charge is 0.320 e. The average molecular weight is 330 g/mol. The fraction of sp³-hybridized carbons (Fsp3) is 0.632. The van der Waals surface area contributed by atoms with Gasteiger partial charge in [-0.15, -0.1) is 0 Å². The van der Waals surface area contributed by atoms with Gasteiger partial charge in [0.1, 0.15) is 6.10 Å². The lowest BCUT2D eigenvalue weighted by atomic mass is 9.97. The Morgan fingerprint density at radius 2 is 1.96 bits per heavy atom. The number of fused-ring (bicyclic) bond motifs is 2. The van der Waals surface area contributed by atoms with Gasteiger partial charge in [0, 0.05) is 20.6 Å². The highest BCUT2D eigenvalue weighted by atomic mass is 16.5. The molecular weight excluding hydrogens is 304 g/mol. The maximum absolute atomic E-state index is 12.1. The molecule has 5 nitrogen and oxygen atoms in total. The molecule has 3 aliphatic rings. The highest BCUT2D eigenvalue weighted by Gasteiger charge is 2.41. The first-order chi connectivity index (χ1) is 11.6. The average Bonchev–Trinajstić information content (AvgIpc) is 3.26. The minimum absolute atomic E-state index is 0.0615. The molecule has 2 amide bonds. The number of hydrogen-bond donors (Lipinski definition) is 0. The Kier molecular flexibility index (Phi) is 3.82. The second kappa shape index (κ2) is 5.87. The maximum atomic E-state index is 12.1. The van der Waals surface area contributed by atoms with Crippen LogP contribution in [0.5, 0.6) is 11.5 Å². The molecule has 0 radical (unpaired) electrons. The van der Waals surface area contributed by atoms with Crippen LogP contribution in [0, 0.1) is 11.8 Å². The summed E-state index contributed by atoms with van der Waals surface area (Å²) in [6.45, 7) is 0.704. The van der Waals surface area contributed by atoms with Gasteiger partial charge in [0.15, 0.2) is 11.5 Å². The molecule has 1 aliphatic heterocycles. The van der Waals surface area contributed by atoms with E-state index in [1.165, 1.54) is 25.7 Å². The van der Waals surface area contributed by atoms with Gasteiger partial charge in [-0.25, -0.2) is 4.79 Å². The van der Waals surface area contributed by atoms with Crippen LogP contribution in [0.3, 0.4) is 0 Å². The monoisotopic (exact) mass is 330 g/mol. The molecule has 130 valence electrons. The lowest BCUT2D eigenvalue weighted by molar-refractivity contribution is 0.133. The zero-order valence-corrected chi connectivity index (χ0v) is 14.7. The number of hydrogen-bond acceptors (Lipinski definition) is 3. The molecule has 4 rings (SSSR count). The van der Waals surface area contributed by atoms with Crippen molar-refractivity contribution in [3.05, 3.63) is 23.8 Å². The van der Waals surface area contributed by atoms with Gasteiger partial charge >= 0.3 is 6.03 Å².